The van der Waals surface area contributed by atoms with Gasteiger partial charge in [-0.05, 0) is 29.8 Å². The van der Waals surface area contributed by atoms with Gasteiger partial charge in [0.2, 0.25) is 0 Å². The van der Waals surface area contributed by atoms with Crippen LogP contribution in [0.3, 0.4) is 0 Å². The Labute approximate surface area is 121 Å². The topological polar surface area (TPSA) is 30.5 Å². The van der Waals surface area contributed by atoms with Crippen LogP contribution in [-0.2, 0) is 6.54 Å². The highest BCUT2D eigenvalue weighted by molar-refractivity contribution is 9.10. The third kappa shape index (κ3) is 3.64. The van der Waals surface area contributed by atoms with Crippen molar-refractivity contribution in [3.63, 3.8) is 0 Å². The molecular formula is C15H16BrNO2. The molecule has 0 fully saturated rings. The number of hydrogen-bond acceptors (Lipinski definition) is 3. The first kappa shape index (κ1) is 13.7. The van der Waals surface area contributed by atoms with Gasteiger partial charge in [-0.1, -0.05) is 28.1 Å². The summed E-state index contributed by atoms with van der Waals surface area (Å²) in [6.45, 7) is 0.733. The zero-order valence-electron chi connectivity index (χ0n) is 10.9. The lowest BCUT2D eigenvalue weighted by atomic mass is 10.2. The second-order valence-corrected chi connectivity index (χ2v) is 4.96. The van der Waals surface area contributed by atoms with Crippen molar-refractivity contribution in [3.05, 3.63) is 52.5 Å². The van der Waals surface area contributed by atoms with Crippen LogP contribution in [-0.4, -0.2) is 14.2 Å². The molecule has 0 aliphatic heterocycles. The number of hydrogen-bond donors (Lipinski definition) is 1. The van der Waals surface area contributed by atoms with Gasteiger partial charge in [0.05, 0.1) is 19.9 Å². The van der Waals surface area contributed by atoms with Crippen LogP contribution in [0.2, 0.25) is 0 Å². The molecule has 0 heterocycles. The van der Waals surface area contributed by atoms with Gasteiger partial charge in [0, 0.05) is 17.1 Å². The molecule has 100 valence electrons. The van der Waals surface area contributed by atoms with Crippen molar-refractivity contribution in [3.8, 4) is 11.5 Å². The van der Waals surface area contributed by atoms with Gasteiger partial charge in [0.1, 0.15) is 11.5 Å². The van der Waals surface area contributed by atoms with Gasteiger partial charge < -0.3 is 14.8 Å². The quantitative estimate of drug-likeness (QED) is 0.900. The second-order valence-electron chi connectivity index (χ2n) is 4.05. The summed E-state index contributed by atoms with van der Waals surface area (Å²) in [6, 6.07) is 13.9. The molecule has 0 spiro atoms. The summed E-state index contributed by atoms with van der Waals surface area (Å²) in [5.41, 5.74) is 2.12. The summed E-state index contributed by atoms with van der Waals surface area (Å²) in [6.07, 6.45) is 0. The largest absolute Gasteiger partial charge is 0.497 e. The smallest absolute Gasteiger partial charge is 0.142 e. The maximum Gasteiger partial charge on any atom is 0.142 e. The van der Waals surface area contributed by atoms with Gasteiger partial charge in [-0.25, -0.2) is 0 Å². The van der Waals surface area contributed by atoms with Crippen molar-refractivity contribution in [2.24, 2.45) is 0 Å². The minimum absolute atomic E-state index is 0.733. The molecular weight excluding hydrogens is 306 g/mol. The summed E-state index contributed by atoms with van der Waals surface area (Å²) in [7, 11) is 3.31. The van der Waals surface area contributed by atoms with E-state index in [4.69, 9.17) is 9.47 Å². The van der Waals surface area contributed by atoms with Crippen LogP contribution in [0.15, 0.2) is 46.9 Å². The van der Waals surface area contributed by atoms with Crippen molar-refractivity contribution in [2.75, 3.05) is 19.5 Å². The van der Waals surface area contributed by atoms with E-state index in [1.165, 1.54) is 5.56 Å². The van der Waals surface area contributed by atoms with Crippen LogP contribution in [0.5, 0.6) is 11.5 Å². The molecule has 0 bridgehead atoms. The Morgan fingerprint density at radius 1 is 1.00 bits per heavy atom. The molecule has 0 aromatic heterocycles. The molecule has 0 saturated heterocycles. The Morgan fingerprint density at radius 2 is 1.74 bits per heavy atom. The van der Waals surface area contributed by atoms with Crippen molar-refractivity contribution in [1.29, 1.82) is 0 Å². The average molecular weight is 322 g/mol. The minimum Gasteiger partial charge on any atom is -0.497 e. The van der Waals surface area contributed by atoms with Crippen LogP contribution in [0.1, 0.15) is 5.56 Å². The van der Waals surface area contributed by atoms with E-state index < -0.39 is 0 Å². The Bertz CT molecular complexity index is 540. The molecule has 0 unspecified atom stereocenters. The van der Waals surface area contributed by atoms with Crippen molar-refractivity contribution in [2.45, 2.75) is 6.54 Å². The molecule has 0 amide bonds. The van der Waals surface area contributed by atoms with E-state index in [0.717, 1.165) is 28.2 Å². The van der Waals surface area contributed by atoms with Gasteiger partial charge in [0.15, 0.2) is 0 Å². The zero-order chi connectivity index (χ0) is 13.7. The summed E-state index contributed by atoms with van der Waals surface area (Å²) in [4.78, 5) is 0. The van der Waals surface area contributed by atoms with Crippen molar-refractivity contribution < 1.29 is 9.47 Å². The van der Waals surface area contributed by atoms with E-state index in [-0.39, 0.29) is 0 Å². The average Bonchev–Trinajstić information content (AvgIpc) is 2.46. The van der Waals surface area contributed by atoms with Gasteiger partial charge in [-0.2, -0.15) is 0 Å². The molecule has 19 heavy (non-hydrogen) atoms. The molecule has 2 aromatic carbocycles. The predicted octanol–water partition coefficient (Wildman–Crippen LogP) is 4.08. The van der Waals surface area contributed by atoms with E-state index in [1.54, 1.807) is 14.2 Å². The normalized spacial score (nSPS) is 10.1. The number of halogens is 1. The van der Waals surface area contributed by atoms with Crippen LogP contribution in [0.25, 0.3) is 0 Å². The fraction of sp³-hybridized carbons (Fsp3) is 0.200. The molecule has 1 N–H and O–H groups in total. The minimum atomic E-state index is 0.733. The van der Waals surface area contributed by atoms with E-state index in [0.29, 0.717) is 0 Å². The molecule has 2 rings (SSSR count). The van der Waals surface area contributed by atoms with Gasteiger partial charge >= 0.3 is 0 Å². The fourth-order valence-electron chi connectivity index (χ4n) is 1.75. The highest BCUT2D eigenvalue weighted by atomic mass is 79.9. The third-order valence-electron chi connectivity index (χ3n) is 2.80. The number of ether oxygens (including phenoxy) is 2. The number of methoxy groups -OCH3 is 2. The van der Waals surface area contributed by atoms with Crippen molar-refractivity contribution >= 4 is 21.6 Å². The highest BCUT2D eigenvalue weighted by Gasteiger charge is 2.04. The SMILES string of the molecule is COc1ccc(OC)c(NCc2ccc(Br)cc2)c1. The lowest BCUT2D eigenvalue weighted by Crippen LogP contribution is -2.01. The first-order valence-corrected chi connectivity index (χ1v) is 6.72. The summed E-state index contributed by atoms with van der Waals surface area (Å²) >= 11 is 3.43. The molecule has 3 nitrogen and oxygen atoms in total. The van der Waals surface area contributed by atoms with Gasteiger partial charge in [-0.3, -0.25) is 0 Å². The molecule has 0 aliphatic carbocycles. The standard InChI is InChI=1S/C15H16BrNO2/c1-18-13-7-8-15(19-2)14(9-13)17-10-11-3-5-12(16)6-4-11/h3-9,17H,10H2,1-2H3. The fourth-order valence-corrected chi connectivity index (χ4v) is 2.02. The molecule has 2 aromatic rings. The summed E-state index contributed by atoms with van der Waals surface area (Å²) < 4.78 is 11.6. The van der Waals surface area contributed by atoms with E-state index >= 15 is 0 Å². The molecule has 0 radical (unpaired) electrons. The Balaban J connectivity index is 2.11. The third-order valence-corrected chi connectivity index (χ3v) is 3.33. The van der Waals surface area contributed by atoms with E-state index in [1.807, 2.05) is 30.3 Å². The predicted molar refractivity (Wildman–Crippen MR) is 81.0 cm³/mol. The molecule has 4 heteroatoms. The maximum absolute atomic E-state index is 5.33. The molecule has 0 saturated carbocycles. The van der Waals surface area contributed by atoms with Gasteiger partial charge in [0.25, 0.3) is 0 Å². The Kier molecular flexibility index (Phi) is 4.68. The summed E-state index contributed by atoms with van der Waals surface area (Å²) in [5.74, 6) is 1.61. The monoisotopic (exact) mass is 321 g/mol. The lowest BCUT2D eigenvalue weighted by molar-refractivity contribution is 0.404. The van der Waals surface area contributed by atoms with Crippen LogP contribution < -0.4 is 14.8 Å². The lowest BCUT2D eigenvalue weighted by Gasteiger charge is -2.12. The van der Waals surface area contributed by atoms with Crippen LogP contribution >= 0.6 is 15.9 Å². The van der Waals surface area contributed by atoms with Crippen LogP contribution in [0, 0.1) is 0 Å². The van der Waals surface area contributed by atoms with Crippen molar-refractivity contribution in [1.82, 2.24) is 0 Å². The van der Waals surface area contributed by atoms with E-state index in [9.17, 15) is 0 Å². The number of benzene rings is 2. The number of anilines is 1. The van der Waals surface area contributed by atoms with Gasteiger partial charge in [-0.15, -0.1) is 0 Å². The Morgan fingerprint density at radius 3 is 2.37 bits per heavy atom. The van der Waals surface area contributed by atoms with Crippen LogP contribution in [0.4, 0.5) is 5.69 Å². The maximum atomic E-state index is 5.33. The Hall–Kier alpha value is -1.68. The number of rotatable bonds is 5. The second kappa shape index (κ2) is 6.48. The highest BCUT2D eigenvalue weighted by Crippen LogP contribution is 2.29. The summed E-state index contributed by atoms with van der Waals surface area (Å²) in [5, 5.41) is 3.35. The molecule has 0 atom stereocenters. The first-order valence-electron chi connectivity index (χ1n) is 5.93. The first-order chi connectivity index (χ1) is 9.22. The molecule has 0 aliphatic rings. The zero-order valence-corrected chi connectivity index (χ0v) is 12.5. The van der Waals surface area contributed by atoms with E-state index in [2.05, 4.69) is 33.4 Å². The number of nitrogens with one attached hydrogen (secondary N) is 1.